The third-order valence-corrected chi connectivity index (χ3v) is 1.61. The average molecular weight is 172 g/mol. The summed E-state index contributed by atoms with van der Waals surface area (Å²) in [6.07, 6.45) is 1.62. The molecule has 6 nitrogen and oxygen atoms in total. The van der Waals surface area contributed by atoms with E-state index >= 15 is 0 Å². The van der Waals surface area contributed by atoms with Gasteiger partial charge in [0, 0.05) is 13.1 Å². The molecule has 1 fully saturated rings. The van der Waals surface area contributed by atoms with Crippen LogP contribution >= 0.6 is 0 Å². The number of morpholine rings is 1. The van der Waals surface area contributed by atoms with Crippen molar-refractivity contribution in [1.82, 2.24) is 10.1 Å². The summed E-state index contributed by atoms with van der Waals surface area (Å²) in [5.74, 6) is 0. The molecule has 0 N–H and O–H groups in total. The second-order valence-corrected chi connectivity index (χ2v) is 2.32. The van der Waals surface area contributed by atoms with E-state index in [4.69, 9.17) is 4.74 Å². The van der Waals surface area contributed by atoms with Crippen molar-refractivity contribution in [2.45, 2.75) is 0 Å². The van der Waals surface area contributed by atoms with Gasteiger partial charge >= 0.3 is 0 Å². The second-order valence-electron chi connectivity index (χ2n) is 2.32. The van der Waals surface area contributed by atoms with Gasteiger partial charge in [-0.05, 0) is 0 Å². The van der Waals surface area contributed by atoms with Crippen molar-refractivity contribution in [3.05, 3.63) is 4.91 Å². The van der Waals surface area contributed by atoms with Crippen LogP contribution in [0.25, 0.3) is 0 Å². The summed E-state index contributed by atoms with van der Waals surface area (Å²) in [7, 11) is 0. The molecule has 0 aromatic rings. The molecule has 1 aliphatic heterocycles. The van der Waals surface area contributed by atoms with Crippen LogP contribution in [0.15, 0.2) is 5.29 Å². The van der Waals surface area contributed by atoms with Crippen LogP contribution < -0.4 is 0 Å². The van der Waals surface area contributed by atoms with Crippen LogP contribution in [0, 0.1) is 4.91 Å². The first-order valence-corrected chi connectivity index (χ1v) is 3.67. The van der Waals surface area contributed by atoms with Crippen molar-refractivity contribution in [3.8, 4) is 0 Å². The van der Waals surface area contributed by atoms with Gasteiger partial charge in [-0.1, -0.05) is 0 Å². The molecule has 1 aliphatic rings. The molecule has 12 heavy (non-hydrogen) atoms. The zero-order valence-electron chi connectivity index (χ0n) is 6.60. The Kier molecular flexibility index (Phi) is 3.62. The van der Waals surface area contributed by atoms with Crippen LogP contribution in [0.1, 0.15) is 0 Å². The maximum Gasteiger partial charge on any atom is 0.223 e. The van der Waals surface area contributed by atoms with E-state index in [9.17, 15) is 9.70 Å². The number of rotatable bonds is 4. The smallest absolute Gasteiger partial charge is 0.223 e. The highest BCUT2D eigenvalue weighted by molar-refractivity contribution is 5.52. The van der Waals surface area contributed by atoms with E-state index < -0.39 is 0 Å². The van der Waals surface area contributed by atoms with E-state index in [-0.39, 0.29) is 6.54 Å². The lowest BCUT2D eigenvalue weighted by Gasteiger charge is -2.31. The van der Waals surface area contributed by atoms with Gasteiger partial charge in [-0.3, -0.25) is 4.79 Å². The highest BCUT2D eigenvalue weighted by Crippen LogP contribution is 2.01. The summed E-state index contributed by atoms with van der Waals surface area (Å²) in [4.78, 5) is 20.2. The molecule has 1 radical (unpaired) electrons. The number of nitrogens with zero attached hydrogens (tertiary/aromatic N) is 3. The lowest BCUT2D eigenvalue weighted by molar-refractivity contribution is -0.0823. The van der Waals surface area contributed by atoms with E-state index in [0.29, 0.717) is 26.3 Å². The van der Waals surface area contributed by atoms with Crippen LogP contribution in [0.3, 0.4) is 0 Å². The van der Waals surface area contributed by atoms with Gasteiger partial charge in [0.25, 0.3) is 0 Å². The molecule has 0 aliphatic carbocycles. The fourth-order valence-electron chi connectivity index (χ4n) is 1.02. The zero-order valence-corrected chi connectivity index (χ0v) is 6.60. The Morgan fingerprint density at radius 2 is 2.17 bits per heavy atom. The Labute approximate surface area is 70.0 Å². The summed E-state index contributed by atoms with van der Waals surface area (Å²) < 4.78 is 5.06. The fourth-order valence-corrected chi connectivity index (χ4v) is 1.02. The van der Waals surface area contributed by atoms with Crippen LogP contribution in [-0.2, 0) is 9.53 Å². The summed E-state index contributed by atoms with van der Waals surface area (Å²) in [6.45, 7) is 2.19. The standard InChI is InChI=1S/C6H10N3O3/c10-4-1-9(7-11)8-2-5-12-6-3-8/h1-3,5-6H2. The fraction of sp³-hybridized carbons (Fsp3) is 0.833. The molecule has 0 atom stereocenters. The molecule has 67 valence electrons. The maximum absolute atomic E-state index is 10.2. The Balaban J connectivity index is 2.39. The van der Waals surface area contributed by atoms with Crippen molar-refractivity contribution >= 4 is 6.29 Å². The third kappa shape index (κ3) is 2.24. The quantitative estimate of drug-likeness (QED) is 0.415. The SMILES string of the molecule is O=[C]CN(N=O)N1CCOCC1. The molecule has 0 amide bonds. The zero-order chi connectivity index (χ0) is 8.81. The number of carbonyl (C=O) groups excluding carboxylic acids is 1. The molecule has 0 aromatic heterocycles. The molecule has 0 saturated carbocycles. The van der Waals surface area contributed by atoms with Crippen molar-refractivity contribution in [3.63, 3.8) is 0 Å². The predicted molar refractivity (Wildman–Crippen MR) is 40.6 cm³/mol. The van der Waals surface area contributed by atoms with Crippen molar-refractivity contribution in [2.24, 2.45) is 5.29 Å². The van der Waals surface area contributed by atoms with Gasteiger partial charge in [-0.15, -0.1) is 4.91 Å². The van der Waals surface area contributed by atoms with E-state index in [1.807, 2.05) is 0 Å². The van der Waals surface area contributed by atoms with E-state index in [1.54, 1.807) is 11.3 Å². The molecule has 0 aromatic carbocycles. The van der Waals surface area contributed by atoms with Gasteiger partial charge in [-0.2, -0.15) is 10.1 Å². The number of hydrogen-bond donors (Lipinski definition) is 0. The highest BCUT2D eigenvalue weighted by Gasteiger charge is 2.17. The third-order valence-electron chi connectivity index (χ3n) is 1.61. The van der Waals surface area contributed by atoms with Gasteiger partial charge in [0.1, 0.15) is 6.54 Å². The Morgan fingerprint density at radius 3 is 2.67 bits per heavy atom. The Morgan fingerprint density at radius 1 is 1.50 bits per heavy atom. The minimum absolute atomic E-state index is 0.108. The first-order valence-electron chi connectivity index (χ1n) is 3.67. The number of nitroso groups, excluding NO2 is 1. The monoisotopic (exact) mass is 172 g/mol. The van der Waals surface area contributed by atoms with Crippen LogP contribution in [0.5, 0.6) is 0 Å². The molecule has 0 bridgehead atoms. The molecule has 1 saturated heterocycles. The number of hydrazine groups is 1. The Hall–Kier alpha value is -1.01. The molecule has 6 heteroatoms. The lowest BCUT2D eigenvalue weighted by Crippen LogP contribution is -2.46. The van der Waals surface area contributed by atoms with Crippen LogP contribution in [-0.4, -0.2) is 49.3 Å². The molecule has 1 rings (SSSR count). The predicted octanol–water partition coefficient (Wildman–Crippen LogP) is -0.673. The minimum Gasteiger partial charge on any atom is -0.379 e. The lowest BCUT2D eigenvalue weighted by atomic mass is 10.5. The van der Waals surface area contributed by atoms with Gasteiger partial charge in [0.05, 0.1) is 18.5 Å². The van der Waals surface area contributed by atoms with Crippen LogP contribution in [0.2, 0.25) is 0 Å². The maximum atomic E-state index is 10.2. The van der Waals surface area contributed by atoms with Gasteiger partial charge in [0.15, 0.2) is 0 Å². The van der Waals surface area contributed by atoms with E-state index in [1.165, 1.54) is 0 Å². The Bertz CT molecular complexity index is 158. The molecule has 0 spiro atoms. The van der Waals surface area contributed by atoms with Crippen molar-refractivity contribution in [1.29, 1.82) is 0 Å². The summed E-state index contributed by atoms with van der Waals surface area (Å²) in [5, 5.41) is 5.43. The van der Waals surface area contributed by atoms with Gasteiger partial charge in [-0.25, -0.2) is 0 Å². The molecule has 0 unspecified atom stereocenters. The van der Waals surface area contributed by atoms with Crippen LogP contribution in [0.4, 0.5) is 0 Å². The summed E-state index contributed by atoms with van der Waals surface area (Å²) in [5.41, 5.74) is 0. The van der Waals surface area contributed by atoms with Crippen molar-refractivity contribution < 1.29 is 9.53 Å². The van der Waals surface area contributed by atoms with E-state index in [0.717, 1.165) is 5.12 Å². The van der Waals surface area contributed by atoms with Gasteiger partial charge < -0.3 is 4.74 Å². The second kappa shape index (κ2) is 4.78. The average Bonchev–Trinajstić information content (AvgIpc) is 2.15. The highest BCUT2D eigenvalue weighted by atomic mass is 16.5. The van der Waals surface area contributed by atoms with E-state index in [2.05, 4.69) is 5.29 Å². The first-order chi connectivity index (χ1) is 5.88. The molecular formula is C6H10N3O3. The molecule has 1 heterocycles. The number of hydrogen-bond acceptors (Lipinski definition) is 5. The topological polar surface area (TPSA) is 62.2 Å². The van der Waals surface area contributed by atoms with Crippen molar-refractivity contribution in [2.75, 3.05) is 32.8 Å². The van der Waals surface area contributed by atoms with Gasteiger partial charge in [0.2, 0.25) is 6.29 Å². The summed E-state index contributed by atoms with van der Waals surface area (Å²) in [6, 6.07) is 0. The number of ether oxygens (including phenoxy) is 1. The summed E-state index contributed by atoms with van der Waals surface area (Å²) >= 11 is 0. The normalized spacial score (nSPS) is 18.7. The largest absolute Gasteiger partial charge is 0.379 e. The minimum atomic E-state index is -0.108. The molecular weight excluding hydrogens is 162 g/mol. The first kappa shape index (κ1) is 9.08.